The van der Waals surface area contributed by atoms with Crippen molar-refractivity contribution in [2.24, 2.45) is 5.92 Å². The fourth-order valence-corrected chi connectivity index (χ4v) is 1.90. The van der Waals surface area contributed by atoms with Crippen LogP contribution in [0.25, 0.3) is 0 Å². The zero-order valence-corrected chi connectivity index (χ0v) is 12.6. The van der Waals surface area contributed by atoms with Gasteiger partial charge in [0.1, 0.15) is 5.82 Å². The minimum Gasteiger partial charge on any atom is -0.338 e. The molecule has 3 nitrogen and oxygen atoms in total. The number of hydrogen-bond acceptors (Lipinski definition) is 1. The summed E-state index contributed by atoms with van der Waals surface area (Å²) < 4.78 is 12.7. The number of hydrogen-bond donors (Lipinski definition) is 2. The van der Waals surface area contributed by atoms with E-state index in [2.05, 4.69) is 24.5 Å². The Morgan fingerprint density at radius 1 is 1.15 bits per heavy atom. The van der Waals surface area contributed by atoms with Crippen LogP contribution in [-0.4, -0.2) is 18.6 Å². The van der Waals surface area contributed by atoms with Crippen molar-refractivity contribution in [1.82, 2.24) is 10.6 Å². The Morgan fingerprint density at radius 3 is 2.40 bits per heavy atom. The third-order valence-electron chi connectivity index (χ3n) is 3.17. The van der Waals surface area contributed by atoms with E-state index in [0.29, 0.717) is 18.9 Å². The molecule has 0 aliphatic heterocycles. The molecule has 0 bridgehead atoms. The van der Waals surface area contributed by atoms with E-state index in [-0.39, 0.29) is 17.9 Å². The Kier molecular flexibility index (Phi) is 7.05. The molecule has 0 spiro atoms. The highest BCUT2D eigenvalue weighted by Crippen LogP contribution is 2.06. The molecule has 1 unspecified atom stereocenters. The molecule has 0 aromatic heterocycles. The predicted molar refractivity (Wildman–Crippen MR) is 80.2 cm³/mol. The highest BCUT2D eigenvalue weighted by molar-refractivity contribution is 5.74. The first-order chi connectivity index (χ1) is 9.47. The van der Waals surface area contributed by atoms with Crippen molar-refractivity contribution < 1.29 is 9.18 Å². The molecule has 20 heavy (non-hydrogen) atoms. The molecule has 0 heterocycles. The maximum atomic E-state index is 12.7. The second-order valence-corrected chi connectivity index (χ2v) is 5.65. The fourth-order valence-electron chi connectivity index (χ4n) is 1.90. The van der Waals surface area contributed by atoms with Crippen molar-refractivity contribution in [2.45, 2.75) is 46.1 Å². The summed E-state index contributed by atoms with van der Waals surface area (Å²) in [5.74, 6) is 0.416. The molecule has 0 radical (unpaired) electrons. The maximum Gasteiger partial charge on any atom is 0.315 e. The van der Waals surface area contributed by atoms with Crippen LogP contribution in [0.1, 0.15) is 39.2 Å². The molecule has 1 rings (SSSR count). The van der Waals surface area contributed by atoms with Gasteiger partial charge in [-0.3, -0.25) is 0 Å². The summed E-state index contributed by atoms with van der Waals surface area (Å²) >= 11 is 0. The number of amides is 2. The van der Waals surface area contributed by atoms with Crippen LogP contribution in [0.15, 0.2) is 24.3 Å². The molecule has 4 heteroatoms. The lowest BCUT2D eigenvalue weighted by molar-refractivity contribution is 0.236. The number of carbonyl (C=O) groups excluding carboxylic acids is 1. The number of carbonyl (C=O) groups is 1. The number of nitrogens with one attached hydrogen (secondary N) is 2. The van der Waals surface area contributed by atoms with Gasteiger partial charge in [-0.2, -0.15) is 0 Å². The Morgan fingerprint density at radius 2 is 1.80 bits per heavy atom. The van der Waals surface area contributed by atoms with Crippen molar-refractivity contribution in [3.63, 3.8) is 0 Å². The summed E-state index contributed by atoms with van der Waals surface area (Å²) in [5.41, 5.74) is 1.01. The molecule has 0 saturated carbocycles. The quantitative estimate of drug-likeness (QED) is 0.788. The Hall–Kier alpha value is -1.58. The van der Waals surface area contributed by atoms with Crippen molar-refractivity contribution in [2.75, 3.05) is 6.54 Å². The lowest BCUT2D eigenvalue weighted by Crippen LogP contribution is -2.41. The van der Waals surface area contributed by atoms with Crippen LogP contribution in [-0.2, 0) is 6.42 Å². The van der Waals surface area contributed by atoms with E-state index in [1.54, 1.807) is 12.1 Å². The van der Waals surface area contributed by atoms with E-state index in [1.807, 2.05) is 6.92 Å². The molecule has 1 atom stereocenters. The zero-order chi connectivity index (χ0) is 15.0. The lowest BCUT2D eigenvalue weighted by atomic mass is 10.0. The normalized spacial score (nSPS) is 12.2. The number of rotatable bonds is 7. The van der Waals surface area contributed by atoms with Crippen LogP contribution in [0.2, 0.25) is 0 Å². The smallest absolute Gasteiger partial charge is 0.315 e. The number of urea groups is 1. The predicted octanol–water partition coefficient (Wildman–Crippen LogP) is 3.49. The van der Waals surface area contributed by atoms with Crippen LogP contribution in [0.5, 0.6) is 0 Å². The van der Waals surface area contributed by atoms with Crippen molar-refractivity contribution >= 4 is 6.03 Å². The summed E-state index contributed by atoms with van der Waals surface area (Å²) in [6, 6.07) is 6.39. The topological polar surface area (TPSA) is 41.1 Å². The molecule has 0 saturated heterocycles. The molecule has 2 amide bonds. The van der Waals surface area contributed by atoms with Crippen LogP contribution in [0, 0.1) is 11.7 Å². The van der Waals surface area contributed by atoms with Gasteiger partial charge >= 0.3 is 6.03 Å². The second-order valence-electron chi connectivity index (χ2n) is 5.65. The minimum absolute atomic E-state index is 0.136. The van der Waals surface area contributed by atoms with Gasteiger partial charge < -0.3 is 10.6 Å². The van der Waals surface area contributed by atoms with Crippen LogP contribution in [0.3, 0.4) is 0 Å². The average Bonchev–Trinajstić information content (AvgIpc) is 2.38. The molecule has 0 fully saturated rings. The van der Waals surface area contributed by atoms with Gasteiger partial charge in [-0.1, -0.05) is 26.0 Å². The van der Waals surface area contributed by atoms with Crippen molar-refractivity contribution in [3.8, 4) is 0 Å². The maximum absolute atomic E-state index is 12.7. The van der Waals surface area contributed by atoms with Gasteiger partial charge in [0.15, 0.2) is 0 Å². The summed E-state index contributed by atoms with van der Waals surface area (Å²) in [6.07, 6.45) is 2.80. The van der Waals surface area contributed by atoms with Gasteiger partial charge in [-0.15, -0.1) is 0 Å². The average molecular weight is 280 g/mol. The highest BCUT2D eigenvalue weighted by atomic mass is 19.1. The van der Waals surface area contributed by atoms with E-state index in [9.17, 15) is 9.18 Å². The molecular formula is C16H25FN2O. The molecule has 0 aliphatic rings. The summed E-state index contributed by atoms with van der Waals surface area (Å²) in [5, 5.41) is 5.74. The first-order valence-corrected chi connectivity index (χ1v) is 7.26. The Balaban J connectivity index is 2.18. The van der Waals surface area contributed by atoms with Gasteiger partial charge in [-0.25, -0.2) is 9.18 Å². The van der Waals surface area contributed by atoms with Gasteiger partial charge in [0.25, 0.3) is 0 Å². The first kappa shape index (κ1) is 16.5. The summed E-state index contributed by atoms with van der Waals surface area (Å²) in [6.45, 7) is 6.92. The Bertz CT molecular complexity index is 403. The van der Waals surface area contributed by atoms with Gasteiger partial charge in [-0.05, 0) is 49.8 Å². The highest BCUT2D eigenvalue weighted by Gasteiger charge is 2.07. The van der Waals surface area contributed by atoms with Crippen LogP contribution in [0.4, 0.5) is 9.18 Å². The molecule has 2 N–H and O–H groups in total. The van der Waals surface area contributed by atoms with Gasteiger partial charge in [0, 0.05) is 12.6 Å². The monoisotopic (exact) mass is 280 g/mol. The molecule has 0 aliphatic carbocycles. The van der Waals surface area contributed by atoms with Crippen molar-refractivity contribution in [3.05, 3.63) is 35.6 Å². The lowest BCUT2D eigenvalue weighted by Gasteiger charge is -2.15. The SMILES string of the molecule is CC(C)CCC(C)NC(=O)NCCc1ccc(F)cc1. The van der Waals surface area contributed by atoms with Crippen LogP contribution >= 0.6 is 0 Å². The van der Waals surface area contributed by atoms with E-state index in [4.69, 9.17) is 0 Å². The van der Waals surface area contributed by atoms with E-state index >= 15 is 0 Å². The van der Waals surface area contributed by atoms with Crippen LogP contribution < -0.4 is 10.6 Å². The summed E-state index contributed by atoms with van der Waals surface area (Å²) in [4.78, 5) is 11.7. The number of halogens is 1. The molecule has 1 aromatic rings. The minimum atomic E-state index is -0.238. The largest absolute Gasteiger partial charge is 0.338 e. The third kappa shape index (κ3) is 7.12. The molecule has 112 valence electrons. The van der Waals surface area contributed by atoms with Gasteiger partial charge in [0.05, 0.1) is 0 Å². The summed E-state index contributed by atoms with van der Waals surface area (Å²) in [7, 11) is 0. The first-order valence-electron chi connectivity index (χ1n) is 7.26. The van der Waals surface area contributed by atoms with E-state index < -0.39 is 0 Å². The zero-order valence-electron chi connectivity index (χ0n) is 12.6. The van der Waals surface area contributed by atoms with E-state index in [0.717, 1.165) is 18.4 Å². The van der Waals surface area contributed by atoms with Gasteiger partial charge in [0.2, 0.25) is 0 Å². The standard InChI is InChI=1S/C16H25FN2O/c1-12(2)4-5-13(3)19-16(20)18-11-10-14-6-8-15(17)9-7-14/h6-9,12-13H,4-5,10-11H2,1-3H3,(H2,18,19,20). The molecule has 1 aromatic carbocycles. The fraction of sp³-hybridized carbons (Fsp3) is 0.562. The van der Waals surface area contributed by atoms with E-state index in [1.165, 1.54) is 12.1 Å². The second kappa shape index (κ2) is 8.56. The Labute approximate surface area is 121 Å². The third-order valence-corrected chi connectivity index (χ3v) is 3.17. The number of benzene rings is 1. The molecular weight excluding hydrogens is 255 g/mol. The van der Waals surface area contributed by atoms with Crippen molar-refractivity contribution in [1.29, 1.82) is 0 Å².